The van der Waals surface area contributed by atoms with Crippen LogP contribution < -0.4 is 5.44 Å². The Morgan fingerprint density at radius 3 is 2.64 bits per heavy atom. The van der Waals surface area contributed by atoms with Crippen LogP contribution in [0.15, 0.2) is 6.07 Å². The summed E-state index contributed by atoms with van der Waals surface area (Å²) in [6, 6.07) is 2.15. The summed E-state index contributed by atoms with van der Waals surface area (Å²) in [5, 5.41) is 4.36. The maximum absolute atomic E-state index is 4.36. The highest BCUT2D eigenvalue weighted by atomic mass is 31.1. The molecule has 1 rings (SSSR count). The Balaban J connectivity index is 3.05. The molecule has 0 saturated heterocycles. The van der Waals surface area contributed by atoms with Crippen LogP contribution in [0.25, 0.3) is 0 Å². The highest BCUT2D eigenvalue weighted by Crippen LogP contribution is 2.12. The SMILES string of the molecule is C=[P+](C)c1cc(CC)n(C)n1. The Labute approximate surface area is 68.6 Å². The predicted molar refractivity (Wildman–Crippen MR) is 52.2 cm³/mol. The summed E-state index contributed by atoms with van der Waals surface area (Å²) in [5.41, 5.74) is 2.44. The quantitative estimate of drug-likeness (QED) is 0.607. The van der Waals surface area contributed by atoms with Crippen LogP contribution in [0.5, 0.6) is 0 Å². The average molecular weight is 169 g/mol. The van der Waals surface area contributed by atoms with Crippen LogP contribution in [0.1, 0.15) is 12.6 Å². The van der Waals surface area contributed by atoms with E-state index >= 15 is 0 Å². The largest absolute Gasteiger partial charge is 0.268 e. The van der Waals surface area contributed by atoms with Crippen LogP contribution >= 0.6 is 7.55 Å². The van der Waals surface area contributed by atoms with E-state index in [9.17, 15) is 0 Å². The minimum Gasteiger partial charge on any atom is -0.268 e. The summed E-state index contributed by atoms with van der Waals surface area (Å²) in [6.07, 6.45) is 5.03. The van der Waals surface area contributed by atoms with Gasteiger partial charge >= 0.3 is 0 Å². The summed E-state index contributed by atoms with van der Waals surface area (Å²) in [6.45, 7) is 4.26. The van der Waals surface area contributed by atoms with Crippen molar-refractivity contribution in [3.8, 4) is 0 Å². The second-order valence-corrected chi connectivity index (χ2v) is 4.52. The molecule has 0 aliphatic carbocycles. The number of hydrogen-bond acceptors (Lipinski definition) is 1. The molecule has 2 nitrogen and oxygen atoms in total. The van der Waals surface area contributed by atoms with E-state index in [4.69, 9.17) is 0 Å². The molecule has 0 aliphatic rings. The summed E-state index contributed by atoms with van der Waals surface area (Å²) >= 11 is 0. The minimum atomic E-state index is -0.279. The second-order valence-electron chi connectivity index (χ2n) is 2.67. The maximum atomic E-state index is 4.36. The standard InChI is InChI=1S/C8H14N2P/c1-5-7-6-8(11(3)4)9-10(7)2/h6H,3,5H2,1-2,4H3/q+1. The third kappa shape index (κ3) is 1.69. The fraction of sp³-hybridized carbons (Fsp3) is 0.500. The van der Waals surface area contributed by atoms with E-state index in [1.165, 1.54) is 5.69 Å². The minimum absolute atomic E-state index is 0.279. The maximum Gasteiger partial charge on any atom is 0.256 e. The van der Waals surface area contributed by atoms with Gasteiger partial charge < -0.3 is 0 Å². The van der Waals surface area contributed by atoms with Crippen molar-refractivity contribution in [2.75, 3.05) is 6.66 Å². The van der Waals surface area contributed by atoms with Crippen molar-refractivity contribution in [2.45, 2.75) is 13.3 Å². The van der Waals surface area contributed by atoms with Crippen LogP contribution in [-0.2, 0) is 13.5 Å². The van der Waals surface area contributed by atoms with E-state index in [-0.39, 0.29) is 7.55 Å². The van der Waals surface area contributed by atoms with E-state index in [0.29, 0.717) is 0 Å². The molecule has 1 aromatic heterocycles. The Bertz CT molecular complexity index is 276. The molecule has 1 atom stereocenters. The molecule has 11 heavy (non-hydrogen) atoms. The average Bonchev–Trinajstić information content (AvgIpc) is 2.31. The Morgan fingerprint density at radius 1 is 1.73 bits per heavy atom. The third-order valence-corrected chi connectivity index (χ3v) is 2.72. The van der Waals surface area contributed by atoms with E-state index in [2.05, 4.69) is 31.1 Å². The lowest BCUT2D eigenvalue weighted by Crippen LogP contribution is -2.01. The van der Waals surface area contributed by atoms with Gasteiger partial charge in [0, 0.05) is 18.8 Å². The first-order valence-electron chi connectivity index (χ1n) is 3.72. The Hall–Kier alpha value is -0.620. The van der Waals surface area contributed by atoms with Gasteiger partial charge in [-0.15, -0.1) is 5.10 Å². The number of nitrogens with zero attached hydrogens (tertiary/aromatic N) is 2. The highest BCUT2D eigenvalue weighted by molar-refractivity contribution is 7.62. The van der Waals surface area contributed by atoms with Gasteiger partial charge in [0.1, 0.15) is 14.2 Å². The molecule has 0 saturated carbocycles. The fourth-order valence-corrected chi connectivity index (χ4v) is 1.66. The van der Waals surface area contributed by atoms with Crippen molar-refractivity contribution < 1.29 is 0 Å². The first-order chi connectivity index (χ1) is 5.15. The van der Waals surface area contributed by atoms with Gasteiger partial charge in [-0.2, -0.15) is 0 Å². The molecule has 1 heterocycles. The molecule has 0 N–H and O–H groups in total. The highest BCUT2D eigenvalue weighted by Gasteiger charge is 2.10. The van der Waals surface area contributed by atoms with Crippen molar-refractivity contribution in [1.29, 1.82) is 0 Å². The Kier molecular flexibility index (Phi) is 2.45. The van der Waals surface area contributed by atoms with E-state index in [1.807, 2.05) is 11.7 Å². The molecule has 1 aromatic rings. The second kappa shape index (κ2) is 3.19. The smallest absolute Gasteiger partial charge is 0.256 e. The molecule has 0 bridgehead atoms. The van der Waals surface area contributed by atoms with Crippen LogP contribution in [0.2, 0.25) is 0 Å². The van der Waals surface area contributed by atoms with Crippen LogP contribution in [0, 0.1) is 0 Å². The van der Waals surface area contributed by atoms with E-state index in [1.54, 1.807) is 0 Å². The summed E-state index contributed by atoms with van der Waals surface area (Å²) < 4.78 is 1.94. The van der Waals surface area contributed by atoms with Crippen molar-refractivity contribution in [1.82, 2.24) is 9.78 Å². The molecule has 0 aliphatic heterocycles. The number of rotatable bonds is 2. The molecule has 1 unspecified atom stereocenters. The van der Waals surface area contributed by atoms with Gasteiger partial charge in [0.15, 0.2) is 0 Å². The number of aromatic nitrogens is 2. The van der Waals surface area contributed by atoms with Crippen molar-refractivity contribution in [2.24, 2.45) is 7.05 Å². The first-order valence-corrected chi connectivity index (χ1v) is 5.69. The lowest BCUT2D eigenvalue weighted by atomic mass is 10.3. The molecular weight excluding hydrogens is 155 g/mol. The lowest BCUT2D eigenvalue weighted by molar-refractivity contribution is 0.724. The van der Waals surface area contributed by atoms with Gasteiger partial charge in [0.05, 0.1) is 6.30 Å². The van der Waals surface area contributed by atoms with Gasteiger partial charge in [0.25, 0.3) is 5.44 Å². The molecule has 3 heteroatoms. The zero-order chi connectivity index (χ0) is 8.43. The van der Waals surface area contributed by atoms with Gasteiger partial charge in [-0.05, 0) is 6.42 Å². The van der Waals surface area contributed by atoms with Gasteiger partial charge in [-0.3, -0.25) is 4.68 Å². The van der Waals surface area contributed by atoms with E-state index < -0.39 is 0 Å². The molecule has 0 spiro atoms. The van der Waals surface area contributed by atoms with Gasteiger partial charge in [-0.1, -0.05) is 6.92 Å². The summed E-state index contributed by atoms with van der Waals surface area (Å²) in [5.74, 6) is 0. The predicted octanol–water partition coefficient (Wildman–Crippen LogP) is 1.15. The zero-order valence-electron chi connectivity index (χ0n) is 7.33. The van der Waals surface area contributed by atoms with Crippen molar-refractivity contribution in [3.05, 3.63) is 11.8 Å². The van der Waals surface area contributed by atoms with Crippen molar-refractivity contribution >= 4 is 19.3 Å². The Morgan fingerprint density at radius 2 is 2.36 bits per heavy atom. The van der Waals surface area contributed by atoms with Gasteiger partial charge in [-0.25, -0.2) is 0 Å². The molecule has 0 radical (unpaired) electrons. The fourth-order valence-electron chi connectivity index (χ4n) is 1.01. The number of hydrogen-bond donors (Lipinski definition) is 0. The molecule has 60 valence electrons. The lowest BCUT2D eigenvalue weighted by Gasteiger charge is -1.91. The topological polar surface area (TPSA) is 17.8 Å². The summed E-state index contributed by atoms with van der Waals surface area (Å²) in [4.78, 5) is 0. The van der Waals surface area contributed by atoms with Crippen LogP contribution in [0.3, 0.4) is 0 Å². The molecular formula is C8H14N2P+. The monoisotopic (exact) mass is 169 g/mol. The summed E-state index contributed by atoms with van der Waals surface area (Å²) in [7, 11) is 1.71. The zero-order valence-corrected chi connectivity index (χ0v) is 8.23. The number of aryl methyl sites for hydroxylation is 2. The third-order valence-electron chi connectivity index (χ3n) is 1.72. The van der Waals surface area contributed by atoms with Gasteiger partial charge in [0.2, 0.25) is 0 Å². The molecule has 0 aromatic carbocycles. The molecule has 0 fully saturated rings. The van der Waals surface area contributed by atoms with Crippen LogP contribution in [0.4, 0.5) is 0 Å². The van der Waals surface area contributed by atoms with Crippen LogP contribution in [-0.4, -0.2) is 22.7 Å². The normalized spacial score (nSPS) is 11.7. The first kappa shape index (κ1) is 8.48. The van der Waals surface area contributed by atoms with E-state index in [0.717, 1.165) is 11.9 Å². The molecule has 0 amide bonds. The van der Waals surface area contributed by atoms with Crippen molar-refractivity contribution in [3.63, 3.8) is 0 Å².